The summed E-state index contributed by atoms with van der Waals surface area (Å²) in [5.41, 5.74) is 7.88. The fourth-order valence-corrected chi connectivity index (χ4v) is 4.32. The molecule has 2 aliphatic rings. The summed E-state index contributed by atoms with van der Waals surface area (Å²) >= 11 is 0. The van der Waals surface area contributed by atoms with Crippen molar-refractivity contribution in [2.45, 2.75) is 31.7 Å². The van der Waals surface area contributed by atoms with Crippen molar-refractivity contribution in [1.82, 2.24) is 4.98 Å². The second-order valence-corrected chi connectivity index (χ2v) is 14.2. The Labute approximate surface area is 201 Å². The van der Waals surface area contributed by atoms with Crippen LogP contribution in [0.2, 0.25) is 19.6 Å². The van der Waals surface area contributed by atoms with Crippen molar-refractivity contribution >= 4 is 19.9 Å². The van der Waals surface area contributed by atoms with Gasteiger partial charge >= 0.3 is 0 Å². The highest BCUT2D eigenvalue weighted by atomic mass is 28.3. The van der Waals surface area contributed by atoms with Gasteiger partial charge in [-0.3, -0.25) is 0 Å². The average Bonchev–Trinajstić information content (AvgIpc) is 3.54. The van der Waals surface area contributed by atoms with Crippen molar-refractivity contribution < 1.29 is 9.47 Å². The van der Waals surface area contributed by atoms with Crippen LogP contribution in [0, 0.1) is 11.5 Å². The maximum absolute atomic E-state index is 5.98. The first kappa shape index (κ1) is 22.1. The van der Waals surface area contributed by atoms with Crippen LogP contribution in [0.3, 0.4) is 0 Å². The summed E-state index contributed by atoms with van der Waals surface area (Å²) in [6.45, 7) is 7.67. The molecule has 0 amide bonds. The van der Waals surface area contributed by atoms with Crippen LogP contribution in [0.1, 0.15) is 40.2 Å². The first-order chi connectivity index (χ1) is 16.4. The molecule has 2 aliphatic heterocycles. The number of benzene rings is 2. The molecule has 6 heteroatoms. The predicted octanol–water partition coefficient (Wildman–Crippen LogP) is 5.35. The minimum absolute atomic E-state index is 0.0410. The fraction of sp³-hybridized carbons (Fsp3) is 0.250. The van der Waals surface area contributed by atoms with Crippen molar-refractivity contribution in [1.29, 1.82) is 0 Å². The molecule has 2 atom stereocenters. The van der Waals surface area contributed by atoms with E-state index in [1.807, 2.05) is 48.5 Å². The second-order valence-electron chi connectivity index (χ2n) is 9.47. The first-order valence-corrected chi connectivity index (χ1v) is 15.0. The Balaban J connectivity index is 1.51. The van der Waals surface area contributed by atoms with Gasteiger partial charge in [0.15, 0.2) is 0 Å². The van der Waals surface area contributed by atoms with Crippen LogP contribution >= 0.6 is 0 Å². The lowest BCUT2D eigenvalue weighted by molar-refractivity contribution is 0.317. The molecule has 1 aromatic heterocycles. The quantitative estimate of drug-likeness (QED) is 0.386. The summed E-state index contributed by atoms with van der Waals surface area (Å²) in [5, 5.41) is 0. The van der Waals surface area contributed by atoms with Crippen LogP contribution in [0.15, 0.2) is 82.8 Å². The van der Waals surface area contributed by atoms with Gasteiger partial charge in [-0.1, -0.05) is 86.2 Å². The minimum atomic E-state index is -1.55. The summed E-state index contributed by atoms with van der Waals surface area (Å²) in [5.74, 6) is 4.41. The molecule has 2 aromatic carbocycles. The van der Waals surface area contributed by atoms with E-state index in [0.717, 1.165) is 16.7 Å². The molecule has 0 N–H and O–H groups in total. The molecule has 5 nitrogen and oxygen atoms in total. The van der Waals surface area contributed by atoms with Gasteiger partial charge in [0.2, 0.25) is 11.8 Å². The third-order valence-electron chi connectivity index (χ3n) is 5.52. The molecule has 3 heterocycles. The van der Waals surface area contributed by atoms with Gasteiger partial charge in [-0.25, -0.2) is 15.0 Å². The lowest BCUT2D eigenvalue weighted by atomic mass is 10.1. The van der Waals surface area contributed by atoms with Crippen LogP contribution in [0.25, 0.3) is 0 Å². The monoisotopic (exact) mass is 465 g/mol. The molecule has 0 spiro atoms. The normalized spacial score (nSPS) is 19.4. The fourth-order valence-electron chi connectivity index (χ4n) is 3.80. The Kier molecular flexibility index (Phi) is 6.04. The molecule has 0 saturated carbocycles. The molecule has 34 heavy (non-hydrogen) atoms. The Morgan fingerprint density at radius 1 is 0.735 bits per heavy atom. The van der Waals surface area contributed by atoms with E-state index in [4.69, 9.17) is 24.4 Å². The highest BCUT2D eigenvalue weighted by Crippen LogP contribution is 2.27. The molecule has 5 rings (SSSR count). The summed E-state index contributed by atoms with van der Waals surface area (Å²) in [6.07, 6.45) is 0. The van der Waals surface area contributed by atoms with Gasteiger partial charge in [0.25, 0.3) is 0 Å². The zero-order valence-corrected chi connectivity index (χ0v) is 20.7. The minimum Gasteiger partial charge on any atom is -0.474 e. The Hall–Kier alpha value is -3.69. The van der Waals surface area contributed by atoms with Gasteiger partial charge in [-0.05, 0) is 23.3 Å². The van der Waals surface area contributed by atoms with E-state index < -0.39 is 8.07 Å². The Morgan fingerprint density at radius 2 is 1.21 bits per heavy atom. The number of ether oxygens (including phenoxy) is 2. The summed E-state index contributed by atoms with van der Waals surface area (Å²) < 4.78 is 12.0. The van der Waals surface area contributed by atoms with E-state index in [1.54, 1.807) is 0 Å². The molecule has 170 valence electrons. The third kappa shape index (κ3) is 5.10. The zero-order valence-electron chi connectivity index (χ0n) is 19.7. The zero-order chi connectivity index (χ0) is 23.5. The maximum atomic E-state index is 5.98. The highest BCUT2D eigenvalue weighted by molar-refractivity contribution is 6.83. The number of aliphatic imine (C=N–C) groups is 2. The standard InChI is InChI=1S/C28H27N3O2Si/c1-34(2,3)15-14-20-16-23(27-30-25(18-32-27)21-10-6-4-7-11-21)29-24(17-20)28-31-26(19-33-28)22-12-8-5-9-13-22/h4-13,16-17,25-26H,18-19H2,1-3H3/t25-,26-/m0/s1. The average molecular weight is 466 g/mol. The summed E-state index contributed by atoms with van der Waals surface area (Å²) in [6, 6.07) is 24.2. The molecular weight excluding hydrogens is 438 g/mol. The largest absolute Gasteiger partial charge is 0.474 e. The number of pyridine rings is 1. The number of rotatable bonds is 4. The first-order valence-electron chi connectivity index (χ1n) is 11.5. The van der Waals surface area contributed by atoms with Crippen molar-refractivity contribution in [2.24, 2.45) is 9.98 Å². The van der Waals surface area contributed by atoms with Crippen molar-refractivity contribution in [3.8, 4) is 11.5 Å². The maximum Gasteiger partial charge on any atom is 0.236 e. The predicted molar refractivity (Wildman–Crippen MR) is 138 cm³/mol. The smallest absolute Gasteiger partial charge is 0.236 e. The lowest BCUT2D eigenvalue weighted by Crippen LogP contribution is -2.16. The molecule has 3 aromatic rings. The van der Waals surface area contributed by atoms with E-state index in [9.17, 15) is 0 Å². The van der Waals surface area contributed by atoms with Crippen molar-refractivity contribution in [2.75, 3.05) is 13.2 Å². The molecular formula is C28H27N3O2Si. The van der Waals surface area contributed by atoms with Gasteiger partial charge in [0.1, 0.15) is 44.8 Å². The molecule has 0 unspecified atom stereocenters. The topological polar surface area (TPSA) is 56.1 Å². The lowest BCUT2D eigenvalue weighted by Gasteiger charge is -2.07. The Bertz CT molecular complexity index is 1220. The highest BCUT2D eigenvalue weighted by Gasteiger charge is 2.26. The Morgan fingerprint density at radius 3 is 1.65 bits per heavy atom. The van der Waals surface area contributed by atoms with Gasteiger partial charge < -0.3 is 9.47 Å². The number of aromatic nitrogens is 1. The van der Waals surface area contributed by atoms with E-state index in [0.29, 0.717) is 36.4 Å². The van der Waals surface area contributed by atoms with E-state index >= 15 is 0 Å². The van der Waals surface area contributed by atoms with E-state index in [1.165, 1.54) is 0 Å². The van der Waals surface area contributed by atoms with Crippen molar-refractivity contribution in [3.05, 3.63) is 101 Å². The van der Waals surface area contributed by atoms with Crippen molar-refractivity contribution in [3.63, 3.8) is 0 Å². The van der Waals surface area contributed by atoms with Gasteiger partial charge in [-0.15, -0.1) is 5.54 Å². The molecule has 0 radical (unpaired) electrons. The van der Waals surface area contributed by atoms with Crippen LogP contribution in [-0.2, 0) is 9.47 Å². The molecule has 0 bridgehead atoms. The molecule has 0 saturated heterocycles. The van der Waals surface area contributed by atoms with E-state index in [-0.39, 0.29) is 12.1 Å². The van der Waals surface area contributed by atoms with Gasteiger partial charge in [-0.2, -0.15) is 0 Å². The van der Waals surface area contributed by atoms with Crippen LogP contribution in [0.4, 0.5) is 0 Å². The second kappa shape index (κ2) is 9.28. The van der Waals surface area contributed by atoms with Crippen LogP contribution in [-0.4, -0.2) is 38.1 Å². The van der Waals surface area contributed by atoms with Gasteiger partial charge in [0, 0.05) is 5.56 Å². The van der Waals surface area contributed by atoms with Gasteiger partial charge in [0.05, 0.1) is 0 Å². The summed E-state index contributed by atoms with van der Waals surface area (Å²) in [7, 11) is -1.55. The van der Waals surface area contributed by atoms with E-state index in [2.05, 4.69) is 55.4 Å². The van der Waals surface area contributed by atoms with Crippen LogP contribution in [0.5, 0.6) is 0 Å². The molecule has 0 aliphatic carbocycles. The number of hydrogen-bond acceptors (Lipinski definition) is 5. The SMILES string of the molecule is C[Si](C)(C)C#Cc1cc(C2=N[C@H](c3ccccc3)CO2)nc(C2=N[C@H](c3ccccc3)CO2)c1. The number of nitrogens with zero attached hydrogens (tertiary/aromatic N) is 3. The number of hydrogen-bond donors (Lipinski definition) is 0. The third-order valence-corrected chi connectivity index (χ3v) is 6.39. The summed E-state index contributed by atoms with van der Waals surface area (Å²) in [4.78, 5) is 14.5. The molecule has 0 fully saturated rings. The van der Waals surface area contributed by atoms with Crippen LogP contribution < -0.4 is 0 Å².